The number of ether oxygens (including phenoxy) is 1. The van der Waals surface area contributed by atoms with E-state index in [-0.39, 0.29) is 12.0 Å². The van der Waals surface area contributed by atoms with Crippen molar-refractivity contribution in [1.82, 2.24) is 4.31 Å². The van der Waals surface area contributed by atoms with E-state index < -0.39 is 15.6 Å². The van der Waals surface area contributed by atoms with Gasteiger partial charge in [-0.25, -0.2) is 8.42 Å². The van der Waals surface area contributed by atoms with E-state index in [1.807, 2.05) is 46.8 Å². The maximum Gasteiger partial charge on any atom is 0.243 e. The van der Waals surface area contributed by atoms with E-state index in [1.54, 1.807) is 16.4 Å². The van der Waals surface area contributed by atoms with Gasteiger partial charge in [-0.05, 0) is 46.8 Å². The second-order valence-corrected chi connectivity index (χ2v) is 8.69. The van der Waals surface area contributed by atoms with Crippen LogP contribution in [-0.2, 0) is 14.8 Å². The topological polar surface area (TPSA) is 46.6 Å². The van der Waals surface area contributed by atoms with Crippen molar-refractivity contribution >= 4 is 10.0 Å². The van der Waals surface area contributed by atoms with Crippen LogP contribution in [0.1, 0.15) is 33.3 Å². The fourth-order valence-corrected chi connectivity index (χ4v) is 5.12. The molecule has 0 bridgehead atoms. The summed E-state index contributed by atoms with van der Waals surface area (Å²) in [5.74, 6) is 0.00479. The Morgan fingerprint density at radius 1 is 1.35 bits per heavy atom. The highest BCUT2D eigenvalue weighted by molar-refractivity contribution is 7.89. The Morgan fingerprint density at radius 2 is 1.91 bits per heavy atom. The summed E-state index contributed by atoms with van der Waals surface area (Å²) in [5, 5.41) is 0. The summed E-state index contributed by atoms with van der Waals surface area (Å²) >= 11 is 0. The molecule has 1 aromatic carbocycles. The Bertz CT molecular complexity index is 677. The van der Waals surface area contributed by atoms with Crippen molar-refractivity contribution in [2.75, 3.05) is 13.2 Å². The molecule has 0 radical (unpaired) electrons. The molecule has 2 rings (SSSR count). The molecule has 1 saturated heterocycles. The van der Waals surface area contributed by atoms with Gasteiger partial charge in [-0.1, -0.05) is 29.8 Å². The molecule has 1 aromatic rings. The van der Waals surface area contributed by atoms with Gasteiger partial charge in [0.25, 0.3) is 0 Å². The molecule has 1 heterocycles. The maximum absolute atomic E-state index is 13.1. The van der Waals surface area contributed by atoms with Gasteiger partial charge < -0.3 is 4.74 Å². The van der Waals surface area contributed by atoms with Gasteiger partial charge in [0, 0.05) is 19.1 Å². The zero-order chi connectivity index (χ0) is 17.4. The average Bonchev–Trinajstić information content (AvgIpc) is 2.72. The van der Waals surface area contributed by atoms with Crippen molar-refractivity contribution in [3.8, 4) is 0 Å². The Hall–Kier alpha value is -1.17. The van der Waals surface area contributed by atoms with Crippen LogP contribution in [0.25, 0.3) is 0 Å². The Kier molecular flexibility index (Phi) is 5.04. The van der Waals surface area contributed by atoms with E-state index in [4.69, 9.17) is 4.74 Å². The summed E-state index contributed by atoms with van der Waals surface area (Å²) in [4.78, 5) is 0.328. The molecule has 128 valence electrons. The van der Waals surface area contributed by atoms with Gasteiger partial charge in [0.05, 0.1) is 16.5 Å². The summed E-state index contributed by atoms with van der Waals surface area (Å²) in [6.07, 6.45) is -0.190. The number of sulfonamides is 1. The third kappa shape index (κ3) is 3.23. The van der Waals surface area contributed by atoms with Gasteiger partial charge in [0.1, 0.15) is 0 Å². The predicted octanol–water partition coefficient (Wildman–Crippen LogP) is 3.38. The highest BCUT2D eigenvalue weighted by Crippen LogP contribution is 2.41. The number of rotatable bonds is 5. The van der Waals surface area contributed by atoms with E-state index in [0.717, 1.165) is 11.1 Å². The number of hydrogen-bond donors (Lipinski definition) is 0. The van der Waals surface area contributed by atoms with Crippen molar-refractivity contribution in [1.29, 1.82) is 0 Å². The standard InChI is InChI=1S/C18H27NO3S/c1-7-22-17-16(13(2)3)12-19(18(17,5)6)23(20,21)15-10-8-14(4)9-11-15/h8-11,16-17H,2,7,12H2,1,3-6H3. The molecule has 0 saturated carbocycles. The van der Waals surface area contributed by atoms with Crippen molar-refractivity contribution in [3.63, 3.8) is 0 Å². The largest absolute Gasteiger partial charge is 0.376 e. The second kappa shape index (κ2) is 6.38. The van der Waals surface area contributed by atoms with Crippen LogP contribution in [0.3, 0.4) is 0 Å². The predicted molar refractivity (Wildman–Crippen MR) is 92.9 cm³/mol. The molecule has 2 unspecified atom stereocenters. The molecule has 1 aliphatic heterocycles. The fraction of sp³-hybridized carbons (Fsp3) is 0.556. The van der Waals surface area contributed by atoms with Crippen molar-refractivity contribution < 1.29 is 13.2 Å². The quantitative estimate of drug-likeness (QED) is 0.774. The zero-order valence-electron chi connectivity index (χ0n) is 14.7. The average molecular weight is 337 g/mol. The maximum atomic E-state index is 13.1. The molecule has 5 heteroatoms. The molecule has 23 heavy (non-hydrogen) atoms. The van der Waals surface area contributed by atoms with E-state index in [9.17, 15) is 8.42 Å². The number of nitrogens with zero attached hydrogens (tertiary/aromatic N) is 1. The lowest BCUT2D eigenvalue weighted by molar-refractivity contribution is -0.00173. The highest BCUT2D eigenvalue weighted by atomic mass is 32.2. The van der Waals surface area contributed by atoms with Crippen LogP contribution >= 0.6 is 0 Å². The zero-order valence-corrected chi connectivity index (χ0v) is 15.5. The van der Waals surface area contributed by atoms with Crippen LogP contribution in [0, 0.1) is 12.8 Å². The van der Waals surface area contributed by atoms with Gasteiger partial charge in [-0.15, -0.1) is 0 Å². The minimum Gasteiger partial charge on any atom is -0.376 e. The van der Waals surface area contributed by atoms with Crippen LogP contribution in [0.4, 0.5) is 0 Å². The van der Waals surface area contributed by atoms with Crippen LogP contribution in [0.5, 0.6) is 0 Å². The summed E-state index contributed by atoms with van der Waals surface area (Å²) in [5.41, 5.74) is 1.37. The van der Waals surface area contributed by atoms with Gasteiger partial charge in [-0.3, -0.25) is 0 Å². The molecule has 0 spiro atoms. The molecule has 2 atom stereocenters. The van der Waals surface area contributed by atoms with E-state index in [1.165, 1.54) is 0 Å². The molecule has 0 aliphatic carbocycles. The van der Waals surface area contributed by atoms with Gasteiger partial charge >= 0.3 is 0 Å². The smallest absolute Gasteiger partial charge is 0.243 e. The fourth-order valence-electron chi connectivity index (χ4n) is 3.30. The lowest BCUT2D eigenvalue weighted by Crippen LogP contribution is -2.49. The SMILES string of the molecule is C=C(C)C1CN(S(=O)(=O)c2ccc(C)cc2)C(C)(C)C1OCC. The lowest BCUT2D eigenvalue weighted by Gasteiger charge is -2.35. The van der Waals surface area contributed by atoms with E-state index in [0.29, 0.717) is 18.0 Å². The first-order valence-electron chi connectivity index (χ1n) is 7.99. The first-order chi connectivity index (χ1) is 10.6. The van der Waals surface area contributed by atoms with Gasteiger partial charge in [0.2, 0.25) is 10.0 Å². The van der Waals surface area contributed by atoms with Crippen molar-refractivity contribution in [2.24, 2.45) is 5.92 Å². The van der Waals surface area contributed by atoms with E-state index >= 15 is 0 Å². The third-order valence-electron chi connectivity index (χ3n) is 4.66. The van der Waals surface area contributed by atoms with Gasteiger partial charge in [0.15, 0.2) is 0 Å². The summed E-state index contributed by atoms with van der Waals surface area (Å²) in [7, 11) is -3.57. The summed E-state index contributed by atoms with van der Waals surface area (Å²) in [6, 6.07) is 6.99. The first kappa shape index (κ1) is 18.2. The molecule has 1 aliphatic rings. The molecule has 0 aromatic heterocycles. The molecule has 0 N–H and O–H groups in total. The van der Waals surface area contributed by atoms with Crippen molar-refractivity contribution in [3.05, 3.63) is 42.0 Å². The Balaban J connectivity index is 2.45. The van der Waals surface area contributed by atoms with Crippen LogP contribution in [0.2, 0.25) is 0 Å². The summed E-state index contributed by atoms with van der Waals surface area (Å²) < 4.78 is 33.7. The Labute approximate surface area is 140 Å². The molecule has 4 nitrogen and oxygen atoms in total. The number of aryl methyl sites for hydroxylation is 1. The first-order valence-corrected chi connectivity index (χ1v) is 9.43. The Morgan fingerprint density at radius 3 is 2.39 bits per heavy atom. The highest BCUT2D eigenvalue weighted by Gasteiger charge is 2.53. The minimum atomic E-state index is -3.57. The molecular weight excluding hydrogens is 310 g/mol. The molecular formula is C18H27NO3S. The molecule has 1 fully saturated rings. The van der Waals surface area contributed by atoms with Crippen molar-refractivity contribution in [2.45, 2.75) is 51.2 Å². The monoisotopic (exact) mass is 337 g/mol. The van der Waals surface area contributed by atoms with E-state index in [2.05, 4.69) is 6.58 Å². The minimum absolute atomic E-state index is 0.00479. The second-order valence-electron chi connectivity index (χ2n) is 6.83. The number of hydrogen-bond acceptors (Lipinski definition) is 3. The molecule has 0 amide bonds. The van der Waals surface area contributed by atoms with Crippen LogP contribution in [-0.4, -0.2) is 37.5 Å². The number of benzene rings is 1. The van der Waals surface area contributed by atoms with Gasteiger partial charge in [-0.2, -0.15) is 4.31 Å². The normalized spacial score (nSPS) is 24.7. The van der Waals surface area contributed by atoms with Crippen LogP contribution in [0.15, 0.2) is 41.3 Å². The summed E-state index contributed by atoms with van der Waals surface area (Å²) in [6.45, 7) is 14.7. The third-order valence-corrected chi connectivity index (χ3v) is 6.72. The van der Waals surface area contributed by atoms with Crippen LogP contribution < -0.4 is 0 Å². The lowest BCUT2D eigenvalue weighted by atomic mass is 9.89.